The van der Waals surface area contributed by atoms with Crippen LogP contribution in [-0.4, -0.2) is 44.1 Å². The third-order valence-electron chi connectivity index (χ3n) is 6.01. The number of nitrogens with one attached hydrogen (secondary N) is 1. The number of amides is 2. The van der Waals surface area contributed by atoms with Crippen LogP contribution in [0.15, 0.2) is 48.8 Å². The monoisotopic (exact) mass is 416 g/mol. The van der Waals surface area contributed by atoms with E-state index in [1.165, 1.54) is 0 Å². The molecule has 8 heteroatoms. The van der Waals surface area contributed by atoms with Gasteiger partial charge in [0.1, 0.15) is 5.82 Å². The molecule has 1 aromatic carbocycles. The topological polar surface area (TPSA) is 93.0 Å². The third-order valence-corrected chi connectivity index (χ3v) is 6.01. The van der Waals surface area contributed by atoms with Gasteiger partial charge in [-0.1, -0.05) is 6.07 Å². The Labute approximate surface area is 180 Å². The molecule has 8 nitrogen and oxygen atoms in total. The molecule has 4 heterocycles. The summed E-state index contributed by atoms with van der Waals surface area (Å²) in [6.07, 6.45) is 7.31. The molecule has 2 aliphatic rings. The van der Waals surface area contributed by atoms with E-state index in [4.69, 9.17) is 0 Å². The molecule has 1 N–H and O–H groups in total. The lowest BCUT2D eigenvalue weighted by atomic mass is 10.1. The average molecular weight is 416 g/mol. The Morgan fingerprint density at radius 1 is 1.03 bits per heavy atom. The number of nitrogens with zero attached hydrogens (tertiary/aromatic N) is 5. The zero-order valence-electron chi connectivity index (χ0n) is 17.2. The highest BCUT2D eigenvalue weighted by atomic mass is 16.2. The smallest absolute Gasteiger partial charge is 0.251 e. The summed E-state index contributed by atoms with van der Waals surface area (Å²) in [5.74, 6) is 1.80. The number of hydrogen-bond donors (Lipinski definition) is 1. The Kier molecular flexibility index (Phi) is 5.19. The molecule has 158 valence electrons. The summed E-state index contributed by atoms with van der Waals surface area (Å²) >= 11 is 0. The van der Waals surface area contributed by atoms with Crippen molar-refractivity contribution in [3.8, 4) is 11.4 Å². The number of carbonyl (C=O) groups excluding carboxylic acids is 2. The minimum Gasteiger partial charge on any atom is -0.349 e. The highest BCUT2D eigenvalue weighted by molar-refractivity contribution is 5.99. The number of hydrogen-bond acceptors (Lipinski definition) is 5. The lowest BCUT2D eigenvalue weighted by Crippen LogP contribution is -2.35. The molecule has 31 heavy (non-hydrogen) atoms. The molecular formula is C23H24N6O2. The lowest BCUT2D eigenvalue weighted by Gasteiger charge is -2.19. The first-order valence-corrected chi connectivity index (χ1v) is 10.7. The molecule has 3 aromatic rings. The van der Waals surface area contributed by atoms with Crippen LogP contribution < -0.4 is 10.2 Å². The predicted molar refractivity (Wildman–Crippen MR) is 115 cm³/mol. The molecule has 2 aliphatic heterocycles. The first-order valence-electron chi connectivity index (χ1n) is 10.7. The van der Waals surface area contributed by atoms with Crippen LogP contribution in [0.4, 0.5) is 5.69 Å². The zero-order valence-corrected chi connectivity index (χ0v) is 17.2. The Morgan fingerprint density at radius 2 is 1.90 bits per heavy atom. The number of aryl methyl sites for hydroxylation is 1. The van der Waals surface area contributed by atoms with Gasteiger partial charge in [0, 0.05) is 61.2 Å². The summed E-state index contributed by atoms with van der Waals surface area (Å²) in [7, 11) is 0. The SMILES string of the molecule is O=C(NC1CCc2nnc(-c3ccncc3)n2CC1)c1cccc(N2CCCC2=O)c1. The quantitative estimate of drug-likeness (QED) is 0.706. The summed E-state index contributed by atoms with van der Waals surface area (Å²) < 4.78 is 2.14. The van der Waals surface area contributed by atoms with E-state index >= 15 is 0 Å². The van der Waals surface area contributed by atoms with Crippen molar-refractivity contribution in [2.75, 3.05) is 11.4 Å². The number of carbonyl (C=O) groups is 2. The lowest BCUT2D eigenvalue weighted by molar-refractivity contribution is -0.117. The van der Waals surface area contributed by atoms with Crippen LogP contribution in [0.5, 0.6) is 0 Å². The maximum atomic E-state index is 12.9. The molecule has 0 radical (unpaired) electrons. The molecule has 1 saturated heterocycles. The van der Waals surface area contributed by atoms with Gasteiger partial charge in [-0.25, -0.2) is 0 Å². The third kappa shape index (κ3) is 3.93. The number of fused-ring (bicyclic) bond motifs is 1. The van der Waals surface area contributed by atoms with Gasteiger partial charge < -0.3 is 14.8 Å². The number of rotatable bonds is 4. The van der Waals surface area contributed by atoms with Crippen LogP contribution >= 0.6 is 0 Å². The van der Waals surface area contributed by atoms with E-state index in [0.717, 1.165) is 55.1 Å². The second-order valence-electron chi connectivity index (χ2n) is 8.02. The molecule has 0 aliphatic carbocycles. The van der Waals surface area contributed by atoms with Crippen molar-refractivity contribution in [3.05, 3.63) is 60.2 Å². The van der Waals surface area contributed by atoms with Gasteiger partial charge in [0.25, 0.3) is 5.91 Å². The van der Waals surface area contributed by atoms with Gasteiger partial charge in [0.15, 0.2) is 5.82 Å². The average Bonchev–Trinajstić information content (AvgIpc) is 3.37. The minimum absolute atomic E-state index is 0.0524. The molecule has 0 bridgehead atoms. The summed E-state index contributed by atoms with van der Waals surface area (Å²) in [5, 5.41) is 11.9. The van der Waals surface area contributed by atoms with Crippen molar-refractivity contribution >= 4 is 17.5 Å². The largest absolute Gasteiger partial charge is 0.349 e. The summed E-state index contributed by atoms with van der Waals surface area (Å²) in [4.78, 5) is 30.8. The molecule has 1 fully saturated rings. The Morgan fingerprint density at radius 3 is 2.71 bits per heavy atom. The van der Waals surface area contributed by atoms with Crippen LogP contribution in [0.1, 0.15) is 41.9 Å². The second kappa shape index (κ2) is 8.29. The van der Waals surface area contributed by atoms with Crippen LogP contribution in [-0.2, 0) is 17.8 Å². The summed E-state index contributed by atoms with van der Waals surface area (Å²) in [5.41, 5.74) is 2.37. The van der Waals surface area contributed by atoms with Gasteiger partial charge in [0.05, 0.1) is 0 Å². The number of aromatic nitrogens is 4. The highest BCUT2D eigenvalue weighted by Gasteiger charge is 2.24. The van der Waals surface area contributed by atoms with E-state index in [-0.39, 0.29) is 17.9 Å². The van der Waals surface area contributed by atoms with Gasteiger partial charge >= 0.3 is 0 Å². The fourth-order valence-electron chi connectivity index (χ4n) is 4.35. The predicted octanol–water partition coefficient (Wildman–Crippen LogP) is 2.60. The van der Waals surface area contributed by atoms with Gasteiger partial charge in [0.2, 0.25) is 5.91 Å². The molecule has 0 spiro atoms. The standard InChI is InChI=1S/C23H24N6O2/c30-21-5-2-13-28(21)19-4-1-3-17(15-19)23(31)25-18-6-7-20-26-27-22(29(20)14-10-18)16-8-11-24-12-9-16/h1,3-4,8-9,11-12,15,18H,2,5-7,10,13-14H2,(H,25,31). The second-order valence-corrected chi connectivity index (χ2v) is 8.02. The molecular weight excluding hydrogens is 392 g/mol. The van der Waals surface area contributed by atoms with Crippen molar-refractivity contribution in [2.45, 2.75) is 44.7 Å². The van der Waals surface area contributed by atoms with Gasteiger partial charge in [-0.2, -0.15) is 0 Å². The van der Waals surface area contributed by atoms with E-state index in [1.54, 1.807) is 23.4 Å². The van der Waals surface area contributed by atoms with Crippen LogP contribution in [0.3, 0.4) is 0 Å². The first-order chi connectivity index (χ1) is 15.2. The van der Waals surface area contributed by atoms with E-state index in [9.17, 15) is 9.59 Å². The van der Waals surface area contributed by atoms with Gasteiger partial charge in [-0.15, -0.1) is 10.2 Å². The fraction of sp³-hybridized carbons (Fsp3) is 0.348. The van der Waals surface area contributed by atoms with E-state index < -0.39 is 0 Å². The van der Waals surface area contributed by atoms with Gasteiger partial charge in [-0.3, -0.25) is 14.6 Å². The van der Waals surface area contributed by atoms with Crippen LogP contribution in [0.2, 0.25) is 0 Å². The van der Waals surface area contributed by atoms with Crippen molar-refractivity contribution in [3.63, 3.8) is 0 Å². The molecule has 2 aromatic heterocycles. The first kappa shape index (κ1) is 19.4. The number of benzene rings is 1. The van der Waals surface area contributed by atoms with Crippen molar-refractivity contribution < 1.29 is 9.59 Å². The number of anilines is 1. The minimum atomic E-state index is -0.106. The zero-order chi connectivity index (χ0) is 21.2. The Bertz CT molecular complexity index is 1110. The molecule has 2 amide bonds. The number of pyridine rings is 1. The van der Waals surface area contributed by atoms with Crippen molar-refractivity contribution in [1.29, 1.82) is 0 Å². The molecule has 1 atom stereocenters. The Balaban J connectivity index is 1.27. The summed E-state index contributed by atoms with van der Waals surface area (Å²) in [6, 6.07) is 11.2. The maximum Gasteiger partial charge on any atom is 0.251 e. The van der Waals surface area contributed by atoms with Crippen LogP contribution in [0, 0.1) is 0 Å². The highest BCUT2D eigenvalue weighted by Crippen LogP contribution is 2.24. The Hall–Kier alpha value is -3.55. The van der Waals surface area contributed by atoms with E-state index in [0.29, 0.717) is 18.5 Å². The van der Waals surface area contributed by atoms with E-state index in [1.807, 2.05) is 30.3 Å². The molecule has 5 rings (SSSR count). The summed E-state index contributed by atoms with van der Waals surface area (Å²) in [6.45, 7) is 1.46. The maximum absolute atomic E-state index is 12.9. The fourth-order valence-corrected chi connectivity index (χ4v) is 4.35. The van der Waals surface area contributed by atoms with Crippen molar-refractivity contribution in [2.24, 2.45) is 0 Å². The van der Waals surface area contributed by atoms with Crippen LogP contribution in [0.25, 0.3) is 11.4 Å². The van der Waals surface area contributed by atoms with Gasteiger partial charge in [-0.05, 0) is 49.6 Å². The normalized spacial score (nSPS) is 18.5. The van der Waals surface area contributed by atoms with Crippen molar-refractivity contribution in [1.82, 2.24) is 25.1 Å². The molecule has 0 saturated carbocycles. The molecule has 1 unspecified atom stereocenters. The van der Waals surface area contributed by atoms with E-state index in [2.05, 4.69) is 25.1 Å².